The van der Waals surface area contributed by atoms with Crippen LogP contribution in [0, 0.1) is 17.0 Å². The highest BCUT2D eigenvalue weighted by Crippen LogP contribution is 2.26. The first kappa shape index (κ1) is 14.4. The molecule has 0 amide bonds. The summed E-state index contributed by atoms with van der Waals surface area (Å²) in [6.45, 7) is 5.78. The van der Waals surface area contributed by atoms with Crippen LogP contribution in [0.3, 0.4) is 0 Å². The topological polar surface area (TPSA) is 75.4 Å². The van der Waals surface area contributed by atoms with E-state index in [1.54, 1.807) is 0 Å². The molecule has 5 nitrogen and oxygen atoms in total. The maximum absolute atomic E-state index is 10.8. The van der Waals surface area contributed by atoms with Gasteiger partial charge in [0.1, 0.15) is 0 Å². The molecule has 18 heavy (non-hydrogen) atoms. The Morgan fingerprint density at radius 1 is 1.33 bits per heavy atom. The quantitative estimate of drug-likeness (QED) is 0.603. The number of anilines is 1. The number of hydrogen-bond donors (Lipinski definition) is 2. The number of aryl methyl sites for hydroxylation is 1. The summed E-state index contributed by atoms with van der Waals surface area (Å²) in [6.07, 6.45) is 1.50. The summed E-state index contributed by atoms with van der Waals surface area (Å²) < 4.78 is 0. The van der Waals surface area contributed by atoms with Crippen molar-refractivity contribution in [2.45, 2.75) is 39.2 Å². The third-order valence-corrected chi connectivity index (χ3v) is 3.34. The molecule has 0 saturated heterocycles. The molecule has 0 aliphatic carbocycles. The third-order valence-electron chi connectivity index (χ3n) is 3.34. The fraction of sp³-hybridized carbons (Fsp3) is 0.538. The number of non-ortho nitro benzene ring substituents is 1. The highest BCUT2D eigenvalue weighted by molar-refractivity contribution is 5.55. The summed E-state index contributed by atoms with van der Waals surface area (Å²) in [7, 11) is 0. The maximum Gasteiger partial charge on any atom is 0.271 e. The lowest BCUT2D eigenvalue weighted by atomic mass is 9.93. The van der Waals surface area contributed by atoms with Crippen molar-refractivity contribution in [1.29, 1.82) is 0 Å². The first-order valence-electron chi connectivity index (χ1n) is 6.11. The standard InChI is InChI=1S/C13H20N2O3/c1-4-13(5-2,9-16)14-11-6-10(3)7-12(8-11)15(17)18/h6-8,14,16H,4-5,9H2,1-3H3. The van der Waals surface area contributed by atoms with Crippen molar-refractivity contribution in [3.8, 4) is 0 Å². The second-order valence-corrected chi connectivity index (χ2v) is 4.58. The van der Waals surface area contributed by atoms with Crippen LogP contribution in [0.1, 0.15) is 32.3 Å². The number of aliphatic hydroxyl groups is 1. The molecular weight excluding hydrogens is 232 g/mol. The van der Waals surface area contributed by atoms with E-state index < -0.39 is 10.5 Å². The molecule has 0 radical (unpaired) electrons. The van der Waals surface area contributed by atoms with Crippen molar-refractivity contribution in [2.24, 2.45) is 0 Å². The number of nitro groups is 1. The van der Waals surface area contributed by atoms with Gasteiger partial charge in [-0.05, 0) is 31.4 Å². The number of nitrogens with one attached hydrogen (secondary N) is 1. The van der Waals surface area contributed by atoms with Gasteiger partial charge in [0.25, 0.3) is 5.69 Å². The lowest BCUT2D eigenvalue weighted by Crippen LogP contribution is -2.40. The van der Waals surface area contributed by atoms with E-state index in [1.165, 1.54) is 12.1 Å². The Morgan fingerprint density at radius 2 is 1.94 bits per heavy atom. The van der Waals surface area contributed by atoms with E-state index in [-0.39, 0.29) is 12.3 Å². The van der Waals surface area contributed by atoms with Gasteiger partial charge < -0.3 is 10.4 Å². The maximum atomic E-state index is 10.8. The van der Waals surface area contributed by atoms with Crippen molar-refractivity contribution in [2.75, 3.05) is 11.9 Å². The highest BCUT2D eigenvalue weighted by atomic mass is 16.6. The molecule has 0 aliphatic heterocycles. The fourth-order valence-corrected chi connectivity index (χ4v) is 1.94. The predicted molar refractivity (Wildman–Crippen MR) is 71.9 cm³/mol. The first-order valence-corrected chi connectivity index (χ1v) is 6.11. The minimum Gasteiger partial charge on any atom is -0.394 e. The van der Waals surface area contributed by atoms with Crippen LogP contribution in [0.5, 0.6) is 0 Å². The van der Waals surface area contributed by atoms with Gasteiger partial charge in [0.2, 0.25) is 0 Å². The predicted octanol–water partition coefficient (Wildman–Crippen LogP) is 2.87. The Bertz CT molecular complexity index is 420. The second kappa shape index (κ2) is 5.82. The van der Waals surface area contributed by atoms with E-state index >= 15 is 0 Å². The van der Waals surface area contributed by atoms with E-state index in [4.69, 9.17) is 0 Å². The molecule has 2 N–H and O–H groups in total. The zero-order chi connectivity index (χ0) is 13.8. The van der Waals surface area contributed by atoms with Crippen molar-refractivity contribution in [3.63, 3.8) is 0 Å². The molecule has 1 aromatic rings. The zero-order valence-corrected chi connectivity index (χ0v) is 11.1. The Kier molecular flexibility index (Phi) is 4.67. The lowest BCUT2D eigenvalue weighted by Gasteiger charge is -2.32. The Hall–Kier alpha value is -1.62. The van der Waals surface area contributed by atoms with Crippen LogP contribution in [0.4, 0.5) is 11.4 Å². The van der Waals surface area contributed by atoms with Crippen LogP contribution in [0.25, 0.3) is 0 Å². The first-order chi connectivity index (χ1) is 8.46. The molecule has 1 aromatic carbocycles. The lowest BCUT2D eigenvalue weighted by molar-refractivity contribution is -0.384. The normalized spacial score (nSPS) is 11.3. The Balaban J connectivity index is 3.06. The summed E-state index contributed by atoms with van der Waals surface area (Å²) in [5, 5.41) is 23.5. The molecule has 0 bridgehead atoms. The zero-order valence-electron chi connectivity index (χ0n) is 11.1. The molecule has 0 aliphatic rings. The molecule has 0 fully saturated rings. The van der Waals surface area contributed by atoms with Crippen LogP contribution in [-0.4, -0.2) is 22.2 Å². The largest absolute Gasteiger partial charge is 0.394 e. The van der Waals surface area contributed by atoms with Gasteiger partial charge in [-0.25, -0.2) is 0 Å². The average Bonchev–Trinajstić information content (AvgIpc) is 2.35. The van der Waals surface area contributed by atoms with E-state index in [9.17, 15) is 15.2 Å². The van der Waals surface area contributed by atoms with Gasteiger partial charge >= 0.3 is 0 Å². The molecule has 0 atom stereocenters. The van der Waals surface area contributed by atoms with Gasteiger partial charge in [0.15, 0.2) is 0 Å². The number of aliphatic hydroxyl groups excluding tert-OH is 1. The van der Waals surface area contributed by atoms with Crippen LogP contribution in [0.15, 0.2) is 18.2 Å². The number of nitrogens with zero attached hydrogens (tertiary/aromatic N) is 1. The van der Waals surface area contributed by atoms with Gasteiger partial charge in [-0.1, -0.05) is 13.8 Å². The van der Waals surface area contributed by atoms with Gasteiger partial charge in [-0.3, -0.25) is 10.1 Å². The van der Waals surface area contributed by atoms with Crippen molar-refractivity contribution in [3.05, 3.63) is 33.9 Å². The summed E-state index contributed by atoms with van der Waals surface area (Å²) >= 11 is 0. The highest BCUT2D eigenvalue weighted by Gasteiger charge is 2.25. The Labute approximate surface area is 107 Å². The summed E-state index contributed by atoms with van der Waals surface area (Å²) in [5.74, 6) is 0. The SMILES string of the molecule is CCC(CC)(CO)Nc1cc(C)cc([N+](=O)[O-])c1. The average molecular weight is 252 g/mol. The van der Waals surface area contributed by atoms with Gasteiger partial charge in [-0.15, -0.1) is 0 Å². The summed E-state index contributed by atoms with van der Waals surface area (Å²) in [5.41, 5.74) is 1.16. The molecule has 0 spiro atoms. The molecule has 5 heteroatoms. The summed E-state index contributed by atoms with van der Waals surface area (Å²) in [6, 6.07) is 4.88. The van der Waals surface area contributed by atoms with Crippen molar-refractivity contribution in [1.82, 2.24) is 0 Å². The number of hydrogen-bond acceptors (Lipinski definition) is 4. The minimum atomic E-state index is -0.415. The van der Waals surface area contributed by atoms with Crippen LogP contribution < -0.4 is 5.32 Å². The van der Waals surface area contributed by atoms with Crippen LogP contribution >= 0.6 is 0 Å². The number of nitro benzene ring substituents is 1. The van der Waals surface area contributed by atoms with Crippen molar-refractivity contribution >= 4 is 11.4 Å². The number of benzene rings is 1. The van der Waals surface area contributed by atoms with Gasteiger partial charge in [0.05, 0.1) is 17.1 Å². The van der Waals surface area contributed by atoms with Crippen LogP contribution in [0.2, 0.25) is 0 Å². The second-order valence-electron chi connectivity index (χ2n) is 4.58. The van der Waals surface area contributed by atoms with E-state index in [0.29, 0.717) is 5.69 Å². The molecule has 0 heterocycles. The summed E-state index contributed by atoms with van der Waals surface area (Å²) in [4.78, 5) is 10.4. The fourth-order valence-electron chi connectivity index (χ4n) is 1.94. The molecule has 100 valence electrons. The van der Waals surface area contributed by atoms with Crippen molar-refractivity contribution < 1.29 is 10.0 Å². The van der Waals surface area contributed by atoms with Gasteiger partial charge in [-0.2, -0.15) is 0 Å². The monoisotopic (exact) mass is 252 g/mol. The van der Waals surface area contributed by atoms with E-state index in [0.717, 1.165) is 18.4 Å². The molecular formula is C13H20N2O3. The van der Waals surface area contributed by atoms with Gasteiger partial charge in [0, 0.05) is 17.8 Å². The van der Waals surface area contributed by atoms with E-state index in [2.05, 4.69) is 5.32 Å². The smallest absolute Gasteiger partial charge is 0.271 e. The van der Waals surface area contributed by atoms with Crippen LogP contribution in [-0.2, 0) is 0 Å². The van der Waals surface area contributed by atoms with E-state index in [1.807, 2.05) is 26.8 Å². The Morgan fingerprint density at radius 3 is 2.39 bits per heavy atom. The molecule has 0 aromatic heterocycles. The number of rotatable bonds is 6. The minimum absolute atomic E-state index is 0.00173. The molecule has 0 unspecified atom stereocenters. The third kappa shape index (κ3) is 3.20. The molecule has 1 rings (SSSR count). The molecule has 0 saturated carbocycles.